The molecule has 1 N–H and O–H groups in total. The number of ether oxygens (including phenoxy) is 1. The van der Waals surface area contributed by atoms with E-state index in [1.54, 1.807) is 5.57 Å². The lowest BCUT2D eigenvalue weighted by Gasteiger charge is -2.38. The average Bonchev–Trinajstić information content (AvgIpc) is 3.29. The number of hydrogen-bond donors (Lipinski definition) is 1. The third-order valence-electron chi connectivity index (χ3n) is 8.01. The molecule has 0 radical (unpaired) electrons. The smallest absolute Gasteiger partial charge is 0.127 e. The maximum atomic E-state index is 10.4. The van der Waals surface area contributed by atoms with Gasteiger partial charge in [0.25, 0.3) is 0 Å². The van der Waals surface area contributed by atoms with Crippen LogP contribution in [0.2, 0.25) is 0 Å². The molecule has 1 fully saturated rings. The van der Waals surface area contributed by atoms with E-state index in [0.29, 0.717) is 5.75 Å². The van der Waals surface area contributed by atoms with Crippen molar-refractivity contribution in [3.63, 3.8) is 0 Å². The summed E-state index contributed by atoms with van der Waals surface area (Å²) in [6, 6.07) is 0. The molecule has 1 aromatic carbocycles. The standard InChI is InChI=1S/C31H46O2/c1-22(14-10-18-27-16-7-8-17-27)12-9-13-23(2)15-11-20-31(6)21-19-28-26(5)29(32)24(3)25(4)30(28)33-31/h12,15,18,32H,7-11,13-14,16-17,19-21H2,1-6H3/b22-12+,23-15+/t31-/m1/s1. The summed E-state index contributed by atoms with van der Waals surface area (Å²) in [6.45, 7) is 12.9. The Morgan fingerprint density at radius 2 is 1.52 bits per heavy atom. The number of fused-ring (bicyclic) bond motifs is 1. The zero-order chi connectivity index (χ0) is 24.0. The maximum Gasteiger partial charge on any atom is 0.127 e. The average molecular weight is 451 g/mol. The van der Waals surface area contributed by atoms with Gasteiger partial charge in [-0.05, 0) is 135 Å². The molecular formula is C31H46O2. The predicted molar refractivity (Wildman–Crippen MR) is 141 cm³/mol. The first-order valence-corrected chi connectivity index (χ1v) is 13.2. The van der Waals surface area contributed by atoms with Crippen molar-refractivity contribution in [1.82, 2.24) is 0 Å². The van der Waals surface area contributed by atoms with Gasteiger partial charge in [-0.1, -0.05) is 34.9 Å². The second-order valence-electron chi connectivity index (χ2n) is 10.9. The van der Waals surface area contributed by atoms with Crippen molar-refractivity contribution < 1.29 is 9.84 Å². The second kappa shape index (κ2) is 11.4. The Morgan fingerprint density at radius 3 is 2.21 bits per heavy atom. The summed E-state index contributed by atoms with van der Waals surface area (Å²) < 4.78 is 6.58. The van der Waals surface area contributed by atoms with Crippen LogP contribution >= 0.6 is 0 Å². The first kappa shape index (κ1) is 25.7. The van der Waals surface area contributed by atoms with Crippen molar-refractivity contribution in [1.29, 1.82) is 0 Å². The van der Waals surface area contributed by atoms with Gasteiger partial charge in [-0.25, -0.2) is 0 Å². The summed E-state index contributed by atoms with van der Waals surface area (Å²) in [7, 11) is 0. The molecule has 1 atom stereocenters. The van der Waals surface area contributed by atoms with Gasteiger partial charge in [-0.3, -0.25) is 0 Å². The van der Waals surface area contributed by atoms with E-state index in [-0.39, 0.29) is 5.60 Å². The highest BCUT2D eigenvalue weighted by Crippen LogP contribution is 2.44. The summed E-state index contributed by atoms with van der Waals surface area (Å²) >= 11 is 0. The Hall–Kier alpha value is -1.96. The van der Waals surface area contributed by atoms with E-state index in [2.05, 4.69) is 45.9 Å². The zero-order valence-corrected chi connectivity index (χ0v) is 22.1. The van der Waals surface area contributed by atoms with Gasteiger partial charge in [0.2, 0.25) is 0 Å². The lowest BCUT2D eigenvalue weighted by Crippen LogP contribution is -2.37. The fraction of sp³-hybridized carbons (Fsp3) is 0.613. The van der Waals surface area contributed by atoms with Crippen LogP contribution in [0.3, 0.4) is 0 Å². The molecule has 0 saturated heterocycles. The van der Waals surface area contributed by atoms with Gasteiger partial charge < -0.3 is 9.84 Å². The highest BCUT2D eigenvalue weighted by atomic mass is 16.5. The second-order valence-corrected chi connectivity index (χ2v) is 10.9. The minimum Gasteiger partial charge on any atom is -0.507 e. The largest absolute Gasteiger partial charge is 0.507 e. The van der Waals surface area contributed by atoms with E-state index in [4.69, 9.17) is 4.74 Å². The number of phenols is 1. The normalized spacial score (nSPS) is 21.2. The van der Waals surface area contributed by atoms with Crippen molar-refractivity contribution in [3.05, 3.63) is 57.2 Å². The van der Waals surface area contributed by atoms with Crippen molar-refractivity contribution >= 4 is 0 Å². The Morgan fingerprint density at radius 1 is 0.879 bits per heavy atom. The molecular weight excluding hydrogens is 404 g/mol. The van der Waals surface area contributed by atoms with Crippen molar-refractivity contribution in [2.45, 2.75) is 124 Å². The molecule has 182 valence electrons. The first-order valence-electron chi connectivity index (χ1n) is 13.2. The Bertz CT molecular complexity index is 923. The minimum atomic E-state index is -0.130. The molecule has 0 amide bonds. The number of aromatic hydroxyl groups is 1. The van der Waals surface area contributed by atoms with Crippen LogP contribution in [0, 0.1) is 20.8 Å². The van der Waals surface area contributed by atoms with Crippen molar-refractivity contribution in [3.8, 4) is 11.5 Å². The van der Waals surface area contributed by atoms with Crippen LogP contribution in [-0.4, -0.2) is 10.7 Å². The van der Waals surface area contributed by atoms with E-state index in [1.165, 1.54) is 55.2 Å². The van der Waals surface area contributed by atoms with Crippen LogP contribution in [0.5, 0.6) is 11.5 Å². The Balaban J connectivity index is 1.45. The maximum absolute atomic E-state index is 10.4. The highest BCUT2D eigenvalue weighted by Gasteiger charge is 2.33. The molecule has 2 nitrogen and oxygen atoms in total. The summed E-state index contributed by atoms with van der Waals surface area (Å²) in [6.07, 6.45) is 21.6. The Kier molecular flexibility index (Phi) is 8.90. The van der Waals surface area contributed by atoms with E-state index in [1.807, 2.05) is 13.8 Å². The van der Waals surface area contributed by atoms with Crippen LogP contribution in [0.15, 0.2) is 34.9 Å². The fourth-order valence-corrected chi connectivity index (χ4v) is 5.38. The lowest BCUT2D eigenvalue weighted by molar-refractivity contribution is 0.0558. The van der Waals surface area contributed by atoms with Gasteiger partial charge in [-0.2, -0.15) is 0 Å². The zero-order valence-electron chi connectivity index (χ0n) is 22.1. The van der Waals surface area contributed by atoms with E-state index in [9.17, 15) is 5.11 Å². The van der Waals surface area contributed by atoms with Crippen LogP contribution in [-0.2, 0) is 6.42 Å². The third kappa shape index (κ3) is 6.78. The topological polar surface area (TPSA) is 29.5 Å². The van der Waals surface area contributed by atoms with Crippen LogP contribution in [0.25, 0.3) is 0 Å². The third-order valence-corrected chi connectivity index (χ3v) is 8.01. The quantitative estimate of drug-likeness (QED) is 0.380. The summed E-state index contributed by atoms with van der Waals surface area (Å²) in [5.74, 6) is 1.45. The number of hydrogen-bond acceptors (Lipinski definition) is 2. The van der Waals surface area contributed by atoms with Crippen LogP contribution in [0.1, 0.15) is 114 Å². The van der Waals surface area contributed by atoms with Crippen molar-refractivity contribution in [2.24, 2.45) is 0 Å². The number of benzene rings is 1. The Labute approximate surface area is 202 Å². The molecule has 1 saturated carbocycles. The molecule has 0 bridgehead atoms. The van der Waals surface area contributed by atoms with Crippen molar-refractivity contribution in [2.75, 3.05) is 0 Å². The highest BCUT2D eigenvalue weighted by molar-refractivity contribution is 5.58. The van der Waals surface area contributed by atoms with E-state index >= 15 is 0 Å². The first-order chi connectivity index (χ1) is 15.7. The molecule has 1 heterocycles. The van der Waals surface area contributed by atoms with Crippen LogP contribution in [0.4, 0.5) is 0 Å². The van der Waals surface area contributed by atoms with Gasteiger partial charge in [0.15, 0.2) is 0 Å². The molecule has 2 aliphatic rings. The van der Waals surface area contributed by atoms with Gasteiger partial charge in [0.1, 0.15) is 17.1 Å². The number of phenolic OH excluding ortho intramolecular Hbond substituents is 1. The number of rotatable bonds is 9. The fourth-order valence-electron chi connectivity index (χ4n) is 5.38. The monoisotopic (exact) mass is 450 g/mol. The molecule has 3 rings (SSSR count). The molecule has 33 heavy (non-hydrogen) atoms. The number of allylic oxidation sites excluding steroid dienone is 6. The van der Waals surface area contributed by atoms with Gasteiger partial charge in [0.05, 0.1) is 0 Å². The summed E-state index contributed by atoms with van der Waals surface area (Å²) in [5.41, 5.74) is 8.81. The lowest BCUT2D eigenvalue weighted by atomic mass is 9.85. The molecule has 1 aromatic rings. The summed E-state index contributed by atoms with van der Waals surface area (Å²) in [5, 5.41) is 10.4. The van der Waals surface area contributed by atoms with E-state index in [0.717, 1.165) is 61.0 Å². The molecule has 1 aliphatic carbocycles. The van der Waals surface area contributed by atoms with E-state index < -0.39 is 0 Å². The van der Waals surface area contributed by atoms with Crippen LogP contribution < -0.4 is 4.74 Å². The minimum absolute atomic E-state index is 0.130. The molecule has 1 aliphatic heterocycles. The predicted octanol–water partition coefficient (Wildman–Crippen LogP) is 9.13. The molecule has 2 heteroatoms. The van der Waals surface area contributed by atoms with Gasteiger partial charge in [-0.15, -0.1) is 0 Å². The van der Waals surface area contributed by atoms with Gasteiger partial charge in [0, 0.05) is 5.56 Å². The summed E-state index contributed by atoms with van der Waals surface area (Å²) in [4.78, 5) is 0. The molecule has 0 aromatic heterocycles. The van der Waals surface area contributed by atoms with Gasteiger partial charge >= 0.3 is 0 Å². The molecule has 0 spiro atoms. The molecule has 0 unspecified atom stereocenters. The SMILES string of the molecule is C/C(=C\CC/C(C)=C/CC[C@]1(C)CCc2c(C)c(O)c(C)c(C)c2O1)CCC=C1CCCC1.